The second-order valence-electron chi connectivity index (χ2n) is 4.81. The minimum Gasteiger partial charge on any atom is -1.00 e. The molecule has 0 nitrogen and oxygen atoms in total. The molecule has 0 amide bonds. The molecule has 4 heteroatoms. The molecule has 0 heterocycles. The van der Waals surface area contributed by atoms with Gasteiger partial charge in [0.15, 0.2) is 0 Å². The number of benzene rings is 1. The minimum atomic E-state index is -0.327. The van der Waals surface area contributed by atoms with Crippen molar-refractivity contribution in [3.05, 3.63) is 41.0 Å². The molecule has 1 aliphatic rings. The van der Waals surface area contributed by atoms with Crippen LogP contribution >= 0.6 is 0 Å². The summed E-state index contributed by atoms with van der Waals surface area (Å²) in [4.78, 5) is 0. The van der Waals surface area contributed by atoms with Crippen LogP contribution in [-0.4, -0.2) is 5.92 Å². The van der Waals surface area contributed by atoms with Crippen molar-refractivity contribution in [2.24, 2.45) is 0 Å². The summed E-state index contributed by atoms with van der Waals surface area (Å²) in [5, 5.41) is 0. The molecule has 0 fully saturated rings. The SMILES string of the molecule is CCC1=Cc2ccccc2[CH]1[Zr+2][SiH](CC)CC.[I-].[I-]. The third-order valence-corrected chi connectivity index (χ3v) is 20.2. The molecule has 2 rings (SSSR count). The zero-order chi connectivity index (χ0) is 12.3. The van der Waals surface area contributed by atoms with Gasteiger partial charge in [-0.25, -0.2) is 0 Å². The summed E-state index contributed by atoms with van der Waals surface area (Å²) in [5.41, 5.74) is 4.95. The van der Waals surface area contributed by atoms with Gasteiger partial charge in [-0.15, -0.1) is 0 Å². The summed E-state index contributed by atoms with van der Waals surface area (Å²) in [6.45, 7) is 7.19. The quantitative estimate of drug-likeness (QED) is 0.293. The van der Waals surface area contributed by atoms with E-state index in [1.807, 2.05) is 0 Å². The Balaban J connectivity index is 0.00000162. The van der Waals surface area contributed by atoms with E-state index in [0.717, 1.165) is 3.63 Å². The maximum Gasteiger partial charge on any atom is -1.00 e. The van der Waals surface area contributed by atoms with Crippen LogP contribution in [0.4, 0.5) is 0 Å². The van der Waals surface area contributed by atoms with Crippen LogP contribution in [0.2, 0.25) is 12.1 Å². The van der Waals surface area contributed by atoms with Crippen LogP contribution in [0.5, 0.6) is 0 Å². The van der Waals surface area contributed by atoms with E-state index in [1.165, 1.54) is 24.1 Å². The normalized spacial score (nSPS) is 16.0. The molecule has 0 N–H and O–H groups in total. The van der Waals surface area contributed by atoms with E-state index < -0.39 is 0 Å². The van der Waals surface area contributed by atoms with Crippen LogP contribution in [0.25, 0.3) is 6.08 Å². The summed E-state index contributed by atoms with van der Waals surface area (Å²) >= 11 is -0.202. The van der Waals surface area contributed by atoms with Crippen molar-refractivity contribution in [3.63, 3.8) is 0 Å². The fourth-order valence-electron chi connectivity index (χ4n) is 2.65. The number of hydrogen-bond donors (Lipinski definition) is 0. The molecule has 0 saturated carbocycles. The van der Waals surface area contributed by atoms with E-state index in [0.29, 0.717) is 0 Å². The predicted octanol–water partition coefficient (Wildman–Crippen LogP) is -1.61. The van der Waals surface area contributed by atoms with E-state index in [4.69, 9.17) is 0 Å². The first-order valence-corrected chi connectivity index (χ1v) is 14.7. The molecule has 0 aromatic heterocycles. The van der Waals surface area contributed by atoms with Gasteiger partial charge >= 0.3 is 118 Å². The Morgan fingerprint density at radius 3 is 2.26 bits per heavy atom. The molecule has 0 saturated heterocycles. The van der Waals surface area contributed by atoms with Crippen LogP contribution in [0.15, 0.2) is 29.8 Å². The topological polar surface area (TPSA) is 0 Å². The molecule has 0 aliphatic heterocycles. The Morgan fingerprint density at radius 2 is 1.68 bits per heavy atom. The monoisotopic (exact) mass is 574 g/mol. The first-order valence-electron chi connectivity index (χ1n) is 6.85. The number of rotatable bonds is 5. The molecule has 0 bridgehead atoms. The van der Waals surface area contributed by atoms with Crippen LogP contribution in [0, 0.1) is 0 Å². The summed E-state index contributed by atoms with van der Waals surface area (Å²) in [6, 6.07) is 12.2. The van der Waals surface area contributed by atoms with Crippen molar-refractivity contribution in [2.45, 2.75) is 42.9 Å². The van der Waals surface area contributed by atoms with Gasteiger partial charge < -0.3 is 48.0 Å². The van der Waals surface area contributed by atoms with Crippen molar-refractivity contribution >= 4 is 12.0 Å². The largest absolute Gasteiger partial charge is 1.00 e. The summed E-state index contributed by atoms with van der Waals surface area (Å²) in [7, 11) is 0. The van der Waals surface area contributed by atoms with Crippen molar-refractivity contribution in [3.8, 4) is 0 Å². The molecule has 1 atom stereocenters. The van der Waals surface area contributed by atoms with Crippen molar-refractivity contribution < 1.29 is 70.3 Å². The van der Waals surface area contributed by atoms with Gasteiger partial charge in [0, 0.05) is 0 Å². The van der Waals surface area contributed by atoms with Crippen LogP contribution in [0.1, 0.15) is 41.9 Å². The molecule has 1 aliphatic carbocycles. The number of hydrogen-bond acceptors (Lipinski definition) is 0. The van der Waals surface area contributed by atoms with E-state index in [2.05, 4.69) is 51.1 Å². The molecule has 1 aromatic rings. The first kappa shape index (κ1) is 20.5. The second-order valence-corrected chi connectivity index (χ2v) is 18.1. The smallest absolute Gasteiger partial charge is 1.00 e. The number of halogens is 2. The number of fused-ring (bicyclic) bond motifs is 1. The van der Waals surface area contributed by atoms with Gasteiger partial charge in [-0.2, -0.15) is 0 Å². The summed E-state index contributed by atoms with van der Waals surface area (Å²) in [5.74, 6) is -0.327. The average molecular weight is 575 g/mol. The van der Waals surface area contributed by atoms with Gasteiger partial charge in [-0.3, -0.25) is 0 Å². The van der Waals surface area contributed by atoms with E-state index >= 15 is 0 Å². The average Bonchev–Trinajstić information content (AvgIpc) is 2.73. The van der Waals surface area contributed by atoms with Crippen LogP contribution in [-0.2, 0) is 22.4 Å². The fourth-order valence-corrected chi connectivity index (χ4v) is 15.8. The van der Waals surface area contributed by atoms with Gasteiger partial charge in [0.25, 0.3) is 0 Å². The molecule has 19 heavy (non-hydrogen) atoms. The molecule has 0 radical (unpaired) electrons. The maximum absolute atomic E-state index is 2.48. The molecule has 1 unspecified atom stereocenters. The Kier molecular flexibility index (Phi) is 11.1. The van der Waals surface area contributed by atoms with E-state index in [9.17, 15) is 0 Å². The molecule has 0 spiro atoms. The first-order chi connectivity index (χ1) is 8.30. The standard InChI is InChI=1S/C11H11.C4H11Si.2HI.Zr/c1-2-9-7-10-5-3-4-6-11(10)8-9;1-3-5-4-2;;;/h3-8H,2H2,1H3;5H,3-4H2,1-2H3;2*1H;/q;;;;+2/p-2. The van der Waals surface area contributed by atoms with E-state index in [-0.39, 0.29) is 76.3 Å². The summed E-state index contributed by atoms with van der Waals surface area (Å²) < 4.78 is 0.927. The van der Waals surface area contributed by atoms with Crippen molar-refractivity contribution in [1.29, 1.82) is 0 Å². The minimum absolute atomic E-state index is 0. The Hall–Kier alpha value is 1.52. The van der Waals surface area contributed by atoms with Gasteiger partial charge in [-0.05, 0) is 0 Å². The van der Waals surface area contributed by atoms with Gasteiger partial charge in [-0.1, -0.05) is 0 Å². The molecular weight excluding hydrogens is 553 g/mol. The van der Waals surface area contributed by atoms with Crippen LogP contribution < -0.4 is 48.0 Å². The second kappa shape index (κ2) is 10.3. The van der Waals surface area contributed by atoms with Crippen molar-refractivity contribution in [1.82, 2.24) is 0 Å². The zero-order valence-electron chi connectivity index (χ0n) is 11.9. The third kappa shape index (κ3) is 5.03. The number of allylic oxidation sites excluding steroid dienone is 1. The molecular formula is C15H22I2SiZr. The zero-order valence-corrected chi connectivity index (χ0v) is 19.8. The van der Waals surface area contributed by atoms with E-state index in [1.54, 1.807) is 11.1 Å². The molecule has 1 aromatic carbocycles. The van der Waals surface area contributed by atoms with Gasteiger partial charge in [0.05, 0.1) is 0 Å². The van der Waals surface area contributed by atoms with Crippen LogP contribution in [0.3, 0.4) is 0 Å². The van der Waals surface area contributed by atoms with Crippen molar-refractivity contribution in [2.75, 3.05) is 0 Å². The molecule has 104 valence electrons. The predicted molar refractivity (Wildman–Crippen MR) is 75.6 cm³/mol. The van der Waals surface area contributed by atoms with Gasteiger partial charge in [0.1, 0.15) is 0 Å². The Bertz CT molecular complexity index is 416. The Labute approximate surface area is 164 Å². The van der Waals surface area contributed by atoms with Gasteiger partial charge in [0.2, 0.25) is 0 Å². The maximum atomic E-state index is 2.48. The summed E-state index contributed by atoms with van der Waals surface area (Å²) in [6.07, 6.45) is 3.74. The third-order valence-electron chi connectivity index (χ3n) is 3.81. The Morgan fingerprint density at radius 1 is 1.05 bits per heavy atom. The fraction of sp³-hybridized carbons (Fsp3) is 0.467.